The van der Waals surface area contributed by atoms with Crippen molar-refractivity contribution in [3.63, 3.8) is 0 Å². The Hall–Kier alpha value is -1.52. The molecule has 1 amide bonds. The van der Waals surface area contributed by atoms with Crippen molar-refractivity contribution in [2.75, 3.05) is 26.4 Å². The van der Waals surface area contributed by atoms with Gasteiger partial charge in [0.05, 0.1) is 29.8 Å². The molecular formula is C21H32N2O6S. The van der Waals surface area contributed by atoms with Crippen LogP contribution in [0.15, 0.2) is 29.2 Å². The van der Waals surface area contributed by atoms with E-state index in [1.54, 1.807) is 24.3 Å². The highest BCUT2D eigenvalue weighted by Gasteiger charge is 2.34. The molecular weight excluding hydrogens is 408 g/mol. The number of aliphatic hydroxyl groups is 1. The number of hydrogen-bond donors (Lipinski definition) is 3. The summed E-state index contributed by atoms with van der Waals surface area (Å²) < 4.78 is 39.2. The molecule has 2 aliphatic rings. The molecule has 1 aromatic carbocycles. The van der Waals surface area contributed by atoms with Crippen molar-refractivity contribution in [1.29, 1.82) is 0 Å². The average Bonchev–Trinajstić information content (AvgIpc) is 2.75. The highest BCUT2D eigenvalue weighted by molar-refractivity contribution is 7.89. The molecule has 0 radical (unpaired) electrons. The maximum atomic E-state index is 12.6. The maximum Gasteiger partial charge on any atom is 0.240 e. The second-order valence-corrected chi connectivity index (χ2v) is 9.78. The Labute approximate surface area is 178 Å². The van der Waals surface area contributed by atoms with Gasteiger partial charge in [-0.3, -0.25) is 4.79 Å². The molecule has 0 saturated carbocycles. The number of hydrogen-bond acceptors (Lipinski definition) is 6. The quantitative estimate of drug-likeness (QED) is 0.558. The van der Waals surface area contributed by atoms with Crippen LogP contribution in [0, 0.1) is 12.8 Å². The van der Waals surface area contributed by atoms with Gasteiger partial charge in [-0.25, -0.2) is 13.1 Å². The standard InChI is InChI=1S/C21H32N2O6S/c1-15-2-5-18(6-3-15)30(26,27)23-19-7-4-17(29-20(19)14-24)8-11-22-21(25)16-9-12-28-13-10-16/h2-3,5-6,16-17,19-20,23-24H,4,7-14H2,1H3,(H,22,25)/t17-,19-,20+/m0/s1. The molecule has 0 aromatic heterocycles. The van der Waals surface area contributed by atoms with E-state index in [1.807, 2.05) is 6.92 Å². The van der Waals surface area contributed by atoms with E-state index in [0.717, 1.165) is 18.4 Å². The van der Waals surface area contributed by atoms with Crippen molar-refractivity contribution in [1.82, 2.24) is 10.0 Å². The summed E-state index contributed by atoms with van der Waals surface area (Å²) in [6.07, 6.45) is 2.61. The Morgan fingerprint density at radius 3 is 2.50 bits per heavy atom. The Balaban J connectivity index is 1.47. The summed E-state index contributed by atoms with van der Waals surface area (Å²) in [6, 6.07) is 6.15. The van der Waals surface area contributed by atoms with Crippen LogP contribution in [-0.2, 0) is 24.3 Å². The molecule has 0 unspecified atom stereocenters. The Bertz CT molecular complexity index is 792. The number of ether oxygens (including phenoxy) is 2. The molecule has 8 nitrogen and oxygen atoms in total. The van der Waals surface area contributed by atoms with Crippen LogP contribution in [0.4, 0.5) is 0 Å². The van der Waals surface area contributed by atoms with Crippen molar-refractivity contribution in [3.05, 3.63) is 29.8 Å². The van der Waals surface area contributed by atoms with Gasteiger partial charge in [-0.15, -0.1) is 0 Å². The first-order valence-corrected chi connectivity index (χ1v) is 12.1. The first-order chi connectivity index (χ1) is 14.4. The van der Waals surface area contributed by atoms with Gasteiger partial charge in [0.15, 0.2) is 0 Å². The number of aryl methyl sites for hydroxylation is 1. The molecule has 168 valence electrons. The third-order valence-corrected chi connectivity index (χ3v) is 7.30. The van der Waals surface area contributed by atoms with Gasteiger partial charge >= 0.3 is 0 Å². The van der Waals surface area contributed by atoms with E-state index in [9.17, 15) is 18.3 Å². The molecule has 1 aromatic rings. The fourth-order valence-electron chi connectivity index (χ4n) is 3.92. The predicted octanol–water partition coefficient (Wildman–Crippen LogP) is 1.11. The number of carbonyl (C=O) groups is 1. The molecule has 2 heterocycles. The minimum atomic E-state index is -3.69. The zero-order valence-corrected chi connectivity index (χ0v) is 18.2. The van der Waals surface area contributed by atoms with Gasteiger partial charge in [0.2, 0.25) is 15.9 Å². The van der Waals surface area contributed by atoms with Crippen molar-refractivity contribution >= 4 is 15.9 Å². The largest absolute Gasteiger partial charge is 0.394 e. The molecule has 2 saturated heterocycles. The lowest BCUT2D eigenvalue weighted by Crippen LogP contribution is -2.51. The first kappa shape index (κ1) is 23.1. The fourth-order valence-corrected chi connectivity index (χ4v) is 5.22. The van der Waals surface area contributed by atoms with E-state index in [1.165, 1.54) is 0 Å². The molecule has 9 heteroatoms. The van der Waals surface area contributed by atoms with E-state index in [4.69, 9.17) is 9.47 Å². The summed E-state index contributed by atoms with van der Waals surface area (Å²) in [5, 5.41) is 12.7. The molecule has 2 aliphatic heterocycles. The normalized spacial score (nSPS) is 25.7. The lowest BCUT2D eigenvalue weighted by atomic mass is 9.97. The molecule has 2 fully saturated rings. The van der Waals surface area contributed by atoms with E-state index in [0.29, 0.717) is 39.0 Å². The number of rotatable bonds is 8. The van der Waals surface area contributed by atoms with Gasteiger partial charge in [0.25, 0.3) is 0 Å². The average molecular weight is 441 g/mol. The van der Waals surface area contributed by atoms with E-state index in [2.05, 4.69) is 10.0 Å². The van der Waals surface area contributed by atoms with Gasteiger partial charge in [-0.05, 0) is 51.2 Å². The van der Waals surface area contributed by atoms with Crippen molar-refractivity contribution in [3.8, 4) is 0 Å². The minimum absolute atomic E-state index is 0.0109. The fraction of sp³-hybridized carbons (Fsp3) is 0.667. The zero-order chi connectivity index (χ0) is 21.6. The molecule has 0 spiro atoms. The Morgan fingerprint density at radius 1 is 1.13 bits per heavy atom. The number of benzene rings is 1. The van der Waals surface area contributed by atoms with Gasteiger partial charge in [-0.2, -0.15) is 0 Å². The second kappa shape index (κ2) is 10.7. The SMILES string of the molecule is Cc1ccc(S(=O)(=O)N[C@H]2CC[C@@H](CCNC(=O)C3CCOCC3)O[C@@H]2CO)cc1. The molecule has 3 N–H and O–H groups in total. The molecule has 3 atom stereocenters. The first-order valence-electron chi connectivity index (χ1n) is 10.6. The van der Waals surface area contributed by atoms with Crippen LogP contribution in [0.5, 0.6) is 0 Å². The van der Waals surface area contributed by atoms with Crippen LogP contribution in [0.3, 0.4) is 0 Å². The summed E-state index contributed by atoms with van der Waals surface area (Å²) in [7, 11) is -3.69. The third-order valence-electron chi connectivity index (χ3n) is 5.79. The summed E-state index contributed by atoms with van der Waals surface area (Å²) in [5.41, 5.74) is 0.981. The number of aliphatic hydroxyl groups excluding tert-OH is 1. The summed E-state index contributed by atoms with van der Waals surface area (Å²) >= 11 is 0. The van der Waals surface area contributed by atoms with Crippen LogP contribution in [-0.4, -0.2) is 64.0 Å². The third kappa shape index (κ3) is 6.24. The van der Waals surface area contributed by atoms with Crippen molar-refractivity contribution in [2.24, 2.45) is 5.92 Å². The number of nitrogens with one attached hydrogen (secondary N) is 2. The Morgan fingerprint density at radius 2 is 1.83 bits per heavy atom. The smallest absolute Gasteiger partial charge is 0.240 e. The van der Waals surface area contributed by atoms with Crippen molar-refractivity contribution in [2.45, 2.75) is 62.2 Å². The van der Waals surface area contributed by atoms with Gasteiger partial charge < -0.3 is 19.9 Å². The summed E-state index contributed by atoms with van der Waals surface area (Å²) in [4.78, 5) is 12.4. The van der Waals surface area contributed by atoms with Crippen LogP contribution in [0.2, 0.25) is 0 Å². The number of sulfonamides is 1. The number of amides is 1. The van der Waals surface area contributed by atoms with Crippen LogP contribution in [0.25, 0.3) is 0 Å². The minimum Gasteiger partial charge on any atom is -0.394 e. The second-order valence-electron chi connectivity index (χ2n) is 8.06. The van der Waals surface area contributed by atoms with Gasteiger partial charge in [-0.1, -0.05) is 17.7 Å². The summed E-state index contributed by atoms with van der Waals surface area (Å²) in [6.45, 7) is 3.38. The lowest BCUT2D eigenvalue weighted by molar-refractivity contribution is -0.128. The van der Waals surface area contributed by atoms with E-state index in [-0.39, 0.29) is 29.4 Å². The Kier molecular flexibility index (Phi) is 8.24. The molecule has 30 heavy (non-hydrogen) atoms. The van der Waals surface area contributed by atoms with E-state index < -0.39 is 22.2 Å². The van der Waals surface area contributed by atoms with Crippen LogP contribution in [0.1, 0.15) is 37.7 Å². The summed E-state index contributed by atoms with van der Waals surface area (Å²) in [5.74, 6) is 0.0633. The molecule has 0 bridgehead atoms. The maximum absolute atomic E-state index is 12.6. The topological polar surface area (TPSA) is 114 Å². The predicted molar refractivity (Wildman–Crippen MR) is 111 cm³/mol. The van der Waals surface area contributed by atoms with Crippen LogP contribution < -0.4 is 10.0 Å². The van der Waals surface area contributed by atoms with Gasteiger partial charge in [0.1, 0.15) is 0 Å². The van der Waals surface area contributed by atoms with E-state index >= 15 is 0 Å². The lowest BCUT2D eigenvalue weighted by Gasteiger charge is -2.36. The monoisotopic (exact) mass is 440 g/mol. The van der Waals surface area contributed by atoms with Gasteiger partial charge in [0, 0.05) is 25.7 Å². The number of carbonyl (C=O) groups excluding carboxylic acids is 1. The highest BCUT2D eigenvalue weighted by Crippen LogP contribution is 2.24. The van der Waals surface area contributed by atoms with Crippen LogP contribution >= 0.6 is 0 Å². The molecule has 0 aliphatic carbocycles. The molecule has 3 rings (SSSR count). The zero-order valence-electron chi connectivity index (χ0n) is 17.4. The highest BCUT2D eigenvalue weighted by atomic mass is 32.2. The van der Waals surface area contributed by atoms with Crippen molar-refractivity contribution < 1.29 is 27.8 Å².